The highest BCUT2D eigenvalue weighted by Crippen LogP contribution is 2.34. The van der Waals surface area contributed by atoms with Crippen LogP contribution in [-0.2, 0) is 0 Å². The Balaban J connectivity index is 2.51. The Morgan fingerprint density at radius 2 is 1.81 bits per heavy atom. The molecule has 0 heterocycles. The molecule has 0 fully saturated rings. The molecule has 0 bridgehead atoms. The van der Waals surface area contributed by atoms with Crippen molar-refractivity contribution in [1.82, 2.24) is 5.32 Å². The predicted molar refractivity (Wildman–Crippen MR) is 81.9 cm³/mol. The van der Waals surface area contributed by atoms with Gasteiger partial charge < -0.3 is 14.8 Å². The minimum atomic E-state index is -0.371. The normalized spacial score (nSPS) is 12.0. The Morgan fingerprint density at radius 1 is 1.05 bits per heavy atom. The number of hydrogen-bond acceptors (Lipinski definition) is 3. The van der Waals surface area contributed by atoms with Crippen molar-refractivity contribution in [3.63, 3.8) is 0 Å². The van der Waals surface area contributed by atoms with Crippen LogP contribution in [0.5, 0.6) is 11.5 Å². The second-order valence-corrected chi connectivity index (χ2v) is 4.93. The lowest BCUT2D eigenvalue weighted by molar-refractivity contribution is 0.403. The SMILES string of the molecule is CNC(c1ccc(OC)cc1F)c1cc(Cl)ccc1OC. The van der Waals surface area contributed by atoms with Crippen LogP contribution in [0.2, 0.25) is 5.02 Å². The Bertz CT molecular complexity index is 634. The fraction of sp³-hybridized carbons (Fsp3) is 0.250. The Kier molecular flexibility index (Phi) is 5.04. The van der Waals surface area contributed by atoms with Gasteiger partial charge in [-0.05, 0) is 31.3 Å². The van der Waals surface area contributed by atoms with E-state index >= 15 is 0 Å². The van der Waals surface area contributed by atoms with Gasteiger partial charge in [0.25, 0.3) is 0 Å². The summed E-state index contributed by atoms with van der Waals surface area (Å²) in [5.41, 5.74) is 1.27. The van der Waals surface area contributed by atoms with E-state index < -0.39 is 0 Å². The highest BCUT2D eigenvalue weighted by Gasteiger charge is 2.20. The molecule has 1 unspecified atom stereocenters. The lowest BCUT2D eigenvalue weighted by atomic mass is 9.97. The van der Waals surface area contributed by atoms with E-state index in [1.54, 1.807) is 44.5 Å². The van der Waals surface area contributed by atoms with Crippen molar-refractivity contribution in [2.45, 2.75) is 6.04 Å². The first-order valence-electron chi connectivity index (χ1n) is 6.44. The minimum Gasteiger partial charge on any atom is -0.497 e. The molecule has 0 amide bonds. The van der Waals surface area contributed by atoms with E-state index in [-0.39, 0.29) is 11.9 Å². The number of halogens is 2. The lowest BCUT2D eigenvalue weighted by Gasteiger charge is -2.21. The zero-order chi connectivity index (χ0) is 15.4. The van der Waals surface area contributed by atoms with E-state index in [9.17, 15) is 4.39 Å². The molecule has 0 aliphatic carbocycles. The van der Waals surface area contributed by atoms with Gasteiger partial charge in [0.15, 0.2) is 0 Å². The maximum Gasteiger partial charge on any atom is 0.132 e. The van der Waals surface area contributed by atoms with Crippen molar-refractivity contribution < 1.29 is 13.9 Å². The molecule has 112 valence electrons. The first kappa shape index (κ1) is 15.6. The van der Waals surface area contributed by atoms with Crippen LogP contribution >= 0.6 is 11.6 Å². The molecule has 5 heteroatoms. The molecular formula is C16H17ClFNO2. The van der Waals surface area contributed by atoms with Gasteiger partial charge in [-0.15, -0.1) is 0 Å². The third-order valence-electron chi connectivity index (χ3n) is 3.31. The van der Waals surface area contributed by atoms with Crippen molar-refractivity contribution in [3.05, 3.63) is 58.4 Å². The van der Waals surface area contributed by atoms with E-state index in [4.69, 9.17) is 21.1 Å². The van der Waals surface area contributed by atoms with Gasteiger partial charge in [-0.25, -0.2) is 4.39 Å². The molecule has 3 nitrogen and oxygen atoms in total. The van der Waals surface area contributed by atoms with Crippen LogP contribution < -0.4 is 14.8 Å². The molecule has 0 aliphatic rings. The maximum atomic E-state index is 14.3. The van der Waals surface area contributed by atoms with Crippen molar-refractivity contribution in [2.75, 3.05) is 21.3 Å². The van der Waals surface area contributed by atoms with E-state index in [2.05, 4.69) is 5.32 Å². The second kappa shape index (κ2) is 6.78. The summed E-state index contributed by atoms with van der Waals surface area (Å²) in [5, 5.41) is 3.66. The average Bonchev–Trinajstić information content (AvgIpc) is 2.49. The largest absolute Gasteiger partial charge is 0.497 e. The standard InChI is InChI=1S/C16H17ClFNO2/c1-19-16(12-6-5-11(20-2)9-14(12)18)13-8-10(17)4-7-15(13)21-3/h4-9,16,19H,1-3H3. The molecule has 2 rings (SSSR count). The van der Waals surface area contributed by atoms with Gasteiger partial charge >= 0.3 is 0 Å². The van der Waals surface area contributed by atoms with Crippen LogP contribution in [-0.4, -0.2) is 21.3 Å². The molecule has 0 saturated carbocycles. The average molecular weight is 310 g/mol. The van der Waals surface area contributed by atoms with Crippen molar-refractivity contribution in [3.8, 4) is 11.5 Å². The van der Waals surface area contributed by atoms with Gasteiger partial charge in [-0.1, -0.05) is 17.7 Å². The van der Waals surface area contributed by atoms with Crippen LogP contribution in [0.15, 0.2) is 36.4 Å². The summed E-state index contributed by atoms with van der Waals surface area (Å²) in [5.74, 6) is 0.772. The minimum absolute atomic E-state index is 0.351. The highest BCUT2D eigenvalue weighted by molar-refractivity contribution is 6.30. The molecule has 0 spiro atoms. The third kappa shape index (κ3) is 3.28. The predicted octanol–water partition coefficient (Wildman–Crippen LogP) is 3.81. The summed E-state index contributed by atoms with van der Waals surface area (Å²) in [6, 6.07) is 9.67. The zero-order valence-electron chi connectivity index (χ0n) is 12.1. The van der Waals surface area contributed by atoms with Crippen LogP contribution in [0, 0.1) is 5.82 Å². The number of benzene rings is 2. The molecule has 21 heavy (non-hydrogen) atoms. The molecule has 0 aliphatic heterocycles. The van der Waals surface area contributed by atoms with E-state index in [1.807, 2.05) is 0 Å². The van der Waals surface area contributed by atoms with Crippen LogP contribution in [0.1, 0.15) is 17.2 Å². The first-order chi connectivity index (χ1) is 10.1. The van der Waals surface area contributed by atoms with Crippen LogP contribution in [0.25, 0.3) is 0 Å². The fourth-order valence-electron chi connectivity index (χ4n) is 2.28. The van der Waals surface area contributed by atoms with Crippen molar-refractivity contribution in [2.24, 2.45) is 0 Å². The second-order valence-electron chi connectivity index (χ2n) is 4.50. The van der Waals surface area contributed by atoms with E-state index in [0.717, 1.165) is 5.56 Å². The third-order valence-corrected chi connectivity index (χ3v) is 3.55. The van der Waals surface area contributed by atoms with E-state index in [1.165, 1.54) is 13.2 Å². The molecule has 2 aromatic rings. The first-order valence-corrected chi connectivity index (χ1v) is 6.82. The smallest absolute Gasteiger partial charge is 0.132 e. The fourth-order valence-corrected chi connectivity index (χ4v) is 2.46. The summed E-state index contributed by atoms with van der Waals surface area (Å²) >= 11 is 6.05. The van der Waals surface area contributed by atoms with Crippen LogP contribution in [0.4, 0.5) is 4.39 Å². The molecule has 0 aromatic heterocycles. The lowest BCUT2D eigenvalue weighted by Crippen LogP contribution is -2.19. The van der Waals surface area contributed by atoms with Crippen molar-refractivity contribution in [1.29, 1.82) is 0 Å². The summed E-state index contributed by atoms with van der Waals surface area (Å²) in [6.45, 7) is 0. The van der Waals surface area contributed by atoms with Crippen molar-refractivity contribution >= 4 is 11.6 Å². The van der Waals surface area contributed by atoms with Gasteiger partial charge in [0.05, 0.1) is 20.3 Å². The topological polar surface area (TPSA) is 30.5 Å². The quantitative estimate of drug-likeness (QED) is 0.911. The highest BCUT2D eigenvalue weighted by atomic mass is 35.5. The number of nitrogens with one attached hydrogen (secondary N) is 1. The molecule has 2 aromatic carbocycles. The van der Waals surface area contributed by atoms with Gasteiger partial charge in [-0.2, -0.15) is 0 Å². The zero-order valence-corrected chi connectivity index (χ0v) is 12.9. The Hall–Kier alpha value is -1.78. The summed E-state index contributed by atoms with van der Waals surface area (Å²) < 4.78 is 24.7. The number of rotatable bonds is 5. The number of ether oxygens (including phenoxy) is 2. The molecular weight excluding hydrogens is 293 g/mol. The Morgan fingerprint density at radius 3 is 2.38 bits per heavy atom. The van der Waals surface area contributed by atoms with E-state index in [0.29, 0.717) is 22.1 Å². The monoisotopic (exact) mass is 309 g/mol. The number of hydrogen-bond donors (Lipinski definition) is 1. The summed E-state index contributed by atoms with van der Waals surface area (Å²) in [4.78, 5) is 0. The molecule has 0 radical (unpaired) electrons. The van der Waals surface area contributed by atoms with Gasteiger partial charge in [0.2, 0.25) is 0 Å². The molecule has 1 atom stereocenters. The molecule has 1 N–H and O–H groups in total. The van der Waals surface area contributed by atoms with Gasteiger partial charge in [-0.3, -0.25) is 0 Å². The Labute approximate surface area is 128 Å². The van der Waals surface area contributed by atoms with Gasteiger partial charge in [0, 0.05) is 22.2 Å². The van der Waals surface area contributed by atoms with Crippen LogP contribution in [0.3, 0.4) is 0 Å². The summed E-state index contributed by atoms with van der Waals surface area (Å²) in [6.07, 6.45) is 0. The van der Waals surface area contributed by atoms with Gasteiger partial charge in [0.1, 0.15) is 17.3 Å². The number of methoxy groups -OCH3 is 2. The molecule has 0 saturated heterocycles. The summed E-state index contributed by atoms with van der Waals surface area (Å²) in [7, 11) is 4.84. The maximum absolute atomic E-state index is 14.3.